The van der Waals surface area contributed by atoms with Crippen LogP contribution in [-0.4, -0.2) is 42.9 Å². The maximum absolute atomic E-state index is 15.3. The van der Waals surface area contributed by atoms with Gasteiger partial charge in [0.15, 0.2) is 17.3 Å². The van der Waals surface area contributed by atoms with Crippen LogP contribution in [0.2, 0.25) is 0 Å². The number of nitrogens with one attached hydrogen (secondary N) is 1. The van der Waals surface area contributed by atoms with E-state index in [-0.39, 0.29) is 41.3 Å². The molecular formula is C24H18F2N6O3. The van der Waals surface area contributed by atoms with Gasteiger partial charge in [-0.15, -0.1) is 0 Å². The SMILES string of the molecule is CC(=O)OCCn1nc(NC(=O)c2ccc(F)cc2)c2cc(F)c(-c3cnn4ccccc34)nc21. The van der Waals surface area contributed by atoms with Crippen molar-refractivity contribution in [3.05, 3.63) is 78.1 Å². The van der Waals surface area contributed by atoms with Gasteiger partial charge in [0.1, 0.15) is 18.1 Å². The van der Waals surface area contributed by atoms with Crippen molar-refractivity contribution in [2.45, 2.75) is 13.5 Å². The first-order chi connectivity index (χ1) is 16.9. The molecule has 1 aromatic carbocycles. The molecule has 0 atom stereocenters. The van der Waals surface area contributed by atoms with E-state index in [1.807, 2.05) is 6.07 Å². The third kappa shape index (κ3) is 4.31. The Balaban J connectivity index is 1.58. The molecule has 0 spiro atoms. The summed E-state index contributed by atoms with van der Waals surface area (Å²) in [5.74, 6) is -2.06. The minimum Gasteiger partial charge on any atom is -0.464 e. The summed E-state index contributed by atoms with van der Waals surface area (Å²) in [7, 11) is 0. The Bertz CT molecular complexity index is 1580. The standard InChI is InChI=1S/C24H18F2N6O3/c1-14(33)35-11-10-32-23-17(22(30-32)29-24(34)15-5-7-16(25)8-6-15)12-19(26)21(28-23)18-13-27-31-9-3-2-4-20(18)31/h2-9,12-13H,10-11H2,1H3,(H,29,30,34). The van der Waals surface area contributed by atoms with Gasteiger partial charge in [0, 0.05) is 24.2 Å². The second-order valence-electron chi connectivity index (χ2n) is 7.65. The quantitative estimate of drug-likeness (QED) is 0.374. The number of hydrogen-bond acceptors (Lipinski definition) is 6. The number of benzene rings is 1. The maximum Gasteiger partial charge on any atom is 0.302 e. The van der Waals surface area contributed by atoms with Gasteiger partial charge in [-0.3, -0.25) is 9.59 Å². The zero-order valence-corrected chi connectivity index (χ0v) is 18.4. The molecule has 0 bridgehead atoms. The Morgan fingerprint density at radius 3 is 2.69 bits per heavy atom. The molecule has 0 aliphatic heterocycles. The number of anilines is 1. The average molecular weight is 476 g/mol. The third-order valence-electron chi connectivity index (χ3n) is 5.30. The van der Waals surface area contributed by atoms with Crippen LogP contribution >= 0.6 is 0 Å². The molecule has 0 radical (unpaired) electrons. The van der Waals surface area contributed by atoms with E-state index in [2.05, 4.69) is 20.5 Å². The molecule has 1 N–H and O–H groups in total. The topological polar surface area (TPSA) is 103 Å². The van der Waals surface area contributed by atoms with E-state index in [9.17, 15) is 14.0 Å². The number of hydrogen-bond donors (Lipinski definition) is 1. The summed E-state index contributed by atoms with van der Waals surface area (Å²) in [6, 6.07) is 11.6. The number of fused-ring (bicyclic) bond motifs is 2. The van der Waals surface area contributed by atoms with Gasteiger partial charge in [-0.2, -0.15) is 10.2 Å². The number of ether oxygens (including phenoxy) is 1. The minimum atomic E-state index is -0.631. The predicted molar refractivity (Wildman–Crippen MR) is 123 cm³/mol. The number of carbonyl (C=O) groups excluding carboxylic acids is 2. The van der Waals surface area contributed by atoms with Crippen molar-refractivity contribution in [3.63, 3.8) is 0 Å². The van der Waals surface area contributed by atoms with Crippen LogP contribution in [0.5, 0.6) is 0 Å². The molecule has 176 valence electrons. The molecule has 0 fully saturated rings. The number of halogens is 2. The number of amides is 1. The highest BCUT2D eigenvalue weighted by Crippen LogP contribution is 2.31. The highest BCUT2D eigenvalue weighted by molar-refractivity contribution is 6.07. The lowest BCUT2D eigenvalue weighted by Gasteiger charge is -2.05. The lowest BCUT2D eigenvalue weighted by atomic mass is 10.1. The minimum absolute atomic E-state index is 0.00255. The van der Waals surface area contributed by atoms with Gasteiger partial charge < -0.3 is 10.1 Å². The second kappa shape index (κ2) is 8.93. The summed E-state index contributed by atoms with van der Waals surface area (Å²) in [6.45, 7) is 1.41. The Morgan fingerprint density at radius 2 is 1.91 bits per heavy atom. The van der Waals surface area contributed by atoms with E-state index in [1.165, 1.54) is 36.0 Å². The van der Waals surface area contributed by atoms with E-state index in [0.717, 1.165) is 12.1 Å². The van der Waals surface area contributed by atoms with Crippen LogP contribution in [0, 0.1) is 11.6 Å². The molecule has 4 aromatic heterocycles. The maximum atomic E-state index is 15.3. The summed E-state index contributed by atoms with van der Waals surface area (Å²) < 4.78 is 36.6. The van der Waals surface area contributed by atoms with Crippen LogP contribution in [0.25, 0.3) is 27.8 Å². The monoisotopic (exact) mass is 476 g/mol. The van der Waals surface area contributed by atoms with Crippen molar-refractivity contribution in [1.29, 1.82) is 0 Å². The Morgan fingerprint density at radius 1 is 1.11 bits per heavy atom. The molecule has 0 aliphatic rings. The van der Waals surface area contributed by atoms with Crippen LogP contribution in [-0.2, 0) is 16.1 Å². The molecule has 4 heterocycles. The van der Waals surface area contributed by atoms with Crippen molar-refractivity contribution < 1.29 is 23.1 Å². The van der Waals surface area contributed by atoms with Crippen LogP contribution in [0.4, 0.5) is 14.6 Å². The van der Waals surface area contributed by atoms with E-state index < -0.39 is 23.5 Å². The smallest absolute Gasteiger partial charge is 0.302 e. The fourth-order valence-electron chi connectivity index (χ4n) is 3.68. The molecule has 1 amide bonds. The number of aromatic nitrogens is 5. The lowest BCUT2D eigenvalue weighted by molar-refractivity contribution is -0.141. The highest BCUT2D eigenvalue weighted by Gasteiger charge is 2.21. The molecule has 35 heavy (non-hydrogen) atoms. The van der Waals surface area contributed by atoms with Crippen LogP contribution in [0.3, 0.4) is 0 Å². The van der Waals surface area contributed by atoms with E-state index >= 15 is 4.39 Å². The fourth-order valence-corrected chi connectivity index (χ4v) is 3.68. The first kappa shape index (κ1) is 22.1. The van der Waals surface area contributed by atoms with Gasteiger partial charge in [0.25, 0.3) is 5.91 Å². The van der Waals surface area contributed by atoms with E-state index in [4.69, 9.17) is 4.74 Å². The first-order valence-corrected chi connectivity index (χ1v) is 10.6. The van der Waals surface area contributed by atoms with Gasteiger partial charge in [0.05, 0.1) is 23.6 Å². The van der Waals surface area contributed by atoms with Crippen LogP contribution in [0.15, 0.2) is 60.9 Å². The van der Waals surface area contributed by atoms with Crippen molar-refractivity contribution >= 4 is 34.2 Å². The predicted octanol–water partition coefficient (Wildman–Crippen LogP) is 3.84. The summed E-state index contributed by atoms with van der Waals surface area (Å²) in [4.78, 5) is 28.4. The van der Waals surface area contributed by atoms with Gasteiger partial charge in [-0.25, -0.2) is 23.0 Å². The number of carbonyl (C=O) groups is 2. The molecule has 5 rings (SSSR count). The van der Waals surface area contributed by atoms with Crippen molar-refractivity contribution in [3.8, 4) is 11.3 Å². The Kier molecular flexibility index (Phi) is 5.65. The van der Waals surface area contributed by atoms with Gasteiger partial charge in [-0.05, 0) is 42.5 Å². The van der Waals surface area contributed by atoms with Crippen molar-refractivity contribution in [2.24, 2.45) is 0 Å². The normalized spacial score (nSPS) is 11.2. The molecule has 5 aromatic rings. The summed E-state index contributed by atoms with van der Waals surface area (Å²) in [5, 5.41) is 11.5. The van der Waals surface area contributed by atoms with Crippen LogP contribution in [0.1, 0.15) is 17.3 Å². The average Bonchev–Trinajstić information content (AvgIpc) is 3.40. The molecule has 0 saturated heterocycles. The largest absolute Gasteiger partial charge is 0.464 e. The van der Waals surface area contributed by atoms with Crippen molar-refractivity contribution in [1.82, 2.24) is 24.4 Å². The van der Waals surface area contributed by atoms with Crippen molar-refractivity contribution in [2.75, 3.05) is 11.9 Å². The highest BCUT2D eigenvalue weighted by atomic mass is 19.1. The Hall–Kier alpha value is -4.67. The molecule has 0 saturated carbocycles. The summed E-state index contributed by atoms with van der Waals surface area (Å²) in [6.07, 6.45) is 3.26. The lowest BCUT2D eigenvalue weighted by Crippen LogP contribution is -2.14. The van der Waals surface area contributed by atoms with E-state index in [0.29, 0.717) is 11.1 Å². The summed E-state index contributed by atoms with van der Waals surface area (Å²) in [5.41, 5.74) is 1.68. The molecular weight excluding hydrogens is 458 g/mol. The Labute approximate surface area is 197 Å². The molecule has 0 aliphatic carbocycles. The molecule has 0 unspecified atom stereocenters. The summed E-state index contributed by atoms with van der Waals surface area (Å²) >= 11 is 0. The first-order valence-electron chi connectivity index (χ1n) is 10.6. The van der Waals surface area contributed by atoms with Crippen LogP contribution < -0.4 is 5.32 Å². The fraction of sp³-hybridized carbons (Fsp3) is 0.125. The van der Waals surface area contributed by atoms with Gasteiger partial charge >= 0.3 is 5.97 Å². The third-order valence-corrected chi connectivity index (χ3v) is 5.30. The zero-order chi connectivity index (χ0) is 24.5. The second-order valence-corrected chi connectivity index (χ2v) is 7.65. The number of rotatable bonds is 6. The van der Waals surface area contributed by atoms with Gasteiger partial charge in [-0.1, -0.05) is 6.07 Å². The number of nitrogens with zero attached hydrogens (tertiary/aromatic N) is 5. The molecule has 9 nitrogen and oxygen atoms in total. The molecule has 11 heteroatoms. The zero-order valence-electron chi connectivity index (χ0n) is 18.4. The number of esters is 1. The van der Waals surface area contributed by atoms with E-state index in [1.54, 1.807) is 22.8 Å². The number of pyridine rings is 2. The van der Waals surface area contributed by atoms with Gasteiger partial charge in [0.2, 0.25) is 0 Å².